The van der Waals surface area contributed by atoms with Gasteiger partial charge < -0.3 is 14.6 Å². The smallest absolute Gasteiger partial charge is 0.195 e. The zero-order chi connectivity index (χ0) is 14.4. The fraction of sp³-hybridized carbons (Fsp3) is 0.385. The van der Waals surface area contributed by atoms with Gasteiger partial charge in [0.05, 0.1) is 11.5 Å². The van der Waals surface area contributed by atoms with Crippen LogP contribution in [-0.4, -0.2) is 35.0 Å². The quantitative estimate of drug-likeness (QED) is 0.790. The summed E-state index contributed by atoms with van der Waals surface area (Å²) in [6.45, 7) is 2.01. The Bertz CT molecular complexity index is 561. The maximum absolute atomic E-state index is 14.0. The van der Waals surface area contributed by atoms with Crippen LogP contribution >= 0.6 is 11.8 Å². The molecule has 1 aromatic carbocycles. The first-order chi connectivity index (χ1) is 9.70. The molecular formula is C13H17FN4OS. The Morgan fingerprint density at radius 3 is 2.95 bits per heavy atom. The molecule has 1 heterocycles. The zero-order valence-corrected chi connectivity index (χ0v) is 12.3. The number of benzene rings is 1. The maximum Gasteiger partial charge on any atom is 0.195 e. The Labute approximate surface area is 121 Å². The maximum atomic E-state index is 14.0. The highest BCUT2D eigenvalue weighted by Gasteiger charge is 2.09. The second-order valence-corrected chi connectivity index (χ2v) is 5.27. The van der Waals surface area contributed by atoms with E-state index in [9.17, 15) is 4.39 Å². The van der Waals surface area contributed by atoms with E-state index in [1.807, 2.05) is 13.1 Å². The molecule has 0 bridgehead atoms. The van der Waals surface area contributed by atoms with Crippen molar-refractivity contribution >= 4 is 11.8 Å². The topological polar surface area (TPSA) is 52.0 Å². The summed E-state index contributed by atoms with van der Waals surface area (Å²) in [6.07, 6.45) is 1.59. The lowest BCUT2D eigenvalue weighted by atomic mass is 10.2. The van der Waals surface area contributed by atoms with E-state index < -0.39 is 0 Å². The lowest BCUT2D eigenvalue weighted by Gasteiger charge is -2.07. The van der Waals surface area contributed by atoms with Crippen LogP contribution < -0.4 is 5.32 Å². The fourth-order valence-electron chi connectivity index (χ4n) is 1.61. The molecular weight excluding hydrogens is 279 g/mol. The molecule has 20 heavy (non-hydrogen) atoms. The Balaban J connectivity index is 1.97. The molecule has 5 nitrogen and oxygen atoms in total. The van der Waals surface area contributed by atoms with Crippen LogP contribution in [0.25, 0.3) is 0 Å². The summed E-state index contributed by atoms with van der Waals surface area (Å²) < 4.78 is 20.7. The molecule has 0 radical (unpaired) electrons. The molecule has 0 spiro atoms. The number of methoxy groups -OCH3 is 1. The van der Waals surface area contributed by atoms with Crippen LogP contribution in [0, 0.1) is 5.82 Å². The summed E-state index contributed by atoms with van der Waals surface area (Å²) in [7, 11) is 3.48. The minimum absolute atomic E-state index is 0.246. The molecule has 0 aliphatic carbocycles. The number of nitrogens with one attached hydrogen (secondary N) is 1. The SMILES string of the molecule is COCCNCc1ccc(Sc2nncn2C)c(F)c1. The molecule has 0 aliphatic heterocycles. The van der Waals surface area contributed by atoms with Crippen molar-refractivity contribution in [2.45, 2.75) is 16.6 Å². The molecule has 0 atom stereocenters. The highest BCUT2D eigenvalue weighted by molar-refractivity contribution is 7.99. The minimum atomic E-state index is -0.246. The molecule has 0 fully saturated rings. The van der Waals surface area contributed by atoms with Crippen LogP contribution in [0.2, 0.25) is 0 Å². The molecule has 1 aromatic heterocycles. The molecule has 7 heteroatoms. The third-order valence-electron chi connectivity index (χ3n) is 2.68. The van der Waals surface area contributed by atoms with Crippen LogP contribution in [-0.2, 0) is 18.3 Å². The summed E-state index contributed by atoms with van der Waals surface area (Å²) >= 11 is 1.26. The highest BCUT2D eigenvalue weighted by Crippen LogP contribution is 2.28. The van der Waals surface area contributed by atoms with Gasteiger partial charge in [-0.25, -0.2) is 4.39 Å². The normalized spacial score (nSPS) is 10.9. The van der Waals surface area contributed by atoms with Crippen LogP contribution in [0.15, 0.2) is 34.6 Å². The number of hydrogen-bond donors (Lipinski definition) is 1. The van der Waals surface area contributed by atoms with Crippen molar-refractivity contribution in [1.82, 2.24) is 20.1 Å². The number of hydrogen-bond acceptors (Lipinski definition) is 5. The number of ether oxygens (including phenoxy) is 1. The molecule has 0 aliphatic rings. The monoisotopic (exact) mass is 296 g/mol. The number of rotatable bonds is 7. The van der Waals surface area contributed by atoms with Gasteiger partial charge in [0, 0.05) is 27.2 Å². The van der Waals surface area contributed by atoms with E-state index in [1.165, 1.54) is 11.8 Å². The van der Waals surface area contributed by atoms with Crippen molar-refractivity contribution in [3.8, 4) is 0 Å². The van der Waals surface area contributed by atoms with E-state index in [4.69, 9.17) is 4.74 Å². The zero-order valence-electron chi connectivity index (χ0n) is 11.5. The average molecular weight is 296 g/mol. The third kappa shape index (κ3) is 4.03. The fourth-order valence-corrected chi connectivity index (χ4v) is 2.38. The highest BCUT2D eigenvalue weighted by atomic mass is 32.2. The van der Waals surface area contributed by atoms with Gasteiger partial charge >= 0.3 is 0 Å². The van der Waals surface area contributed by atoms with E-state index in [2.05, 4.69) is 15.5 Å². The van der Waals surface area contributed by atoms with Crippen molar-refractivity contribution in [2.75, 3.05) is 20.3 Å². The van der Waals surface area contributed by atoms with Crippen LogP contribution in [0.1, 0.15) is 5.56 Å². The van der Waals surface area contributed by atoms with Gasteiger partial charge in [-0.2, -0.15) is 0 Å². The summed E-state index contributed by atoms with van der Waals surface area (Å²) in [6, 6.07) is 5.21. The van der Waals surface area contributed by atoms with Crippen LogP contribution in [0.5, 0.6) is 0 Å². The van der Waals surface area contributed by atoms with Gasteiger partial charge in [0.2, 0.25) is 0 Å². The van der Waals surface area contributed by atoms with Gasteiger partial charge in [-0.3, -0.25) is 0 Å². The first-order valence-electron chi connectivity index (χ1n) is 6.20. The Kier molecular flexibility index (Phi) is 5.51. The van der Waals surface area contributed by atoms with Crippen molar-refractivity contribution in [3.05, 3.63) is 35.9 Å². The van der Waals surface area contributed by atoms with E-state index in [0.717, 1.165) is 12.1 Å². The van der Waals surface area contributed by atoms with E-state index in [1.54, 1.807) is 30.1 Å². The van der Waals surface area contributed by atoms with Gasteiger partial charge in [-0.15, -0.1) is 10.2 Å². The van der Waals surface area contributed by atoms with Crippen molar-refractivity contribution < 1.29 is 9.13 Å². The van der Waals surface area contributed by atoms with Gasteiger partial charge in [0.25, 0.3) is 0 Å². The van der Waals surface area contributed by atoms with Crippen molar-refractivity contribution in [3.63, 3.8) is 0 Å². The summed E-state index contributed by atoms with van der Waals surface area (Å²) in [5.74, 6) is -0.246. The Morgan fingerprint density at radius 2 is 2.30 bits per heavy atom. The average Bonchev–Trinajstić information content (AvgIpc) is 2.83. The predicted octanol–water partition coefficient (Wildman–Crippen LogP) is 1.84. The van der Waals surface area contributed by atoms with Gasteiger partial charge in [0.15, 0.2) is 5.16 Å². The second kappa shape index (κ2) is 7.37. The second-order valence-electron chi connectivity index (χ2n) is 4.26. The molecule has 2 aromatic rings. The molecule has 108 valence electrons. The van der Waals surface area contributed by atoms with E-state index in [-0.39, 0.29) is 5.82 Å². The van der Waals surface area contributed by atoms with Crippen LogP contribution in [0.4, 0.5) is 4.39 Å². The summed E-state index contributed by atoms with van der Waals surface area (Å²) in [4.78, 5) is 0.543. The molecule has 2 rings (SSSR count). The standard InChI is InChI=1S/C13H17FN4OS/c1-18-9-16-17-13(18)20-12-4-3-10(7-11(12)14)8-15-5-6-19-2/h3-4,7,9,15H,5-6,8H2,1-2H3. The first kappa shape index (κ1) is 15.0. The van der Waals surface area contributed by atoms with Gasteiger partial charge in [-0.1, -0.05) is 6.07 Å². The lowest BCUT2D eigenvalue weighted by Crippen LogP contribution is -2.18. The molecule has 0 unspecified atom stereocenters. The number of aromatic nitrogens is 3. The Hall–Kier alpha value is -1.44. The van der Waals surface area contributed by atoms with E-state index in [0.29, 0.717) is 23.2 Å². The number of halogens is 1. The molecule has 0 amide bonds. The summed E-state index contributed by atoms with van der Waals surface area (Å²) in [5, 5.41) is 11.5. The lowest BCUT2D eigenvalue weighted by molar-refractivity contribution is 0.199. The molecule has 0 saturated carbocycles. The number of aryl methyl sites for hydroxylation is 1. The van der Waals surface area contributed by atoms with Crippen molar-refractivity contribution in [1.29, 1.82) is 0 Å². The Morgan fingerprint density at radius 1 is 1.45 bits per heavy atom. The first-order valence-corrected chi connectivity index (χ1v) is 7.02. The largest absolute Gasteiger partial charge is 0.383 e. The molecule has 0 saturated heterocycles. The van der Waals surface area contributed by atoms with E-state index >= 15 is 0 Å². The predicted molar refractivity (Wildman–Crippen MR) is 75.1 cm³/mol. The van der Waals surface area contributed by atoms with Crippen LogP contribution in [0.3, 0.4) is 0 Å². The minimum Gasteiger partial charge on any atom is -0.383 e. The summed E-state index contributed by atoms with van der Waals surface area (Å²) in [5.41, 5.74) is 0.904. The molecule has 1 N–H and O–H groups in total. The van der Waals surface area contributed by atoms with Gasteiger partial charge in [-0.05, 0) is 29.5 Å². The third-order valence-corrected chi connectivity index (χ3v) is 3.78. The number of nitrogens with zero attached hydrogens (tertiary/aromatic N) is 3. The van der Waals surface area contributed by atoms with Gasteiger partial charge in [0.1, 0.15) is 12.1 Å². The van der Waals surface area contributed by atoms with Crippen molar-refractivity contribution in [2.24, 2.45) is 7.05 Å².